The Labute approximate surface area is 206 Å². The number of allylic oxidation sites excluding steroid dienone is 1. The van der Waals surface area contributed by atoms with Crippen LogP contribution in [0.15, 0.2) is 28.9 Å². The highest BCUT2D eigenvalue weighted by atomic mass is 16.5. The van der Waals surface area contributed by atoms with Crippen LogP contribution in [0.2, 0.25) is 0 Å². The van der Waals surface area contributed by atoms with Crippen LogP contribution in [-0.4, -0.2) is 46.4 Å². The third kappa shape index (κ3) is 3.12. The number of carbonyl (C=O) groups is 3. The molecule has 0 radical (unpaired) electrons. The normalized spacial score (nSPS) is 33.4. The Kier molecular flexibility index (Phi) is 5.32. The molecule has 35 heavy (non-hydrogen) atoms. The van der Waals surface area contributed by atoms with Crippen molar-refractivity contribution in [2.75, 3.05) is 13.2 Å². The number of hydrogen-bond donors (Lipinski definition) is 2. The highest BCUT2D eigenvalue weighted by Gasteiger charge is 2.68. The van der Waals surface area contributed by atoms with E-state index in [2.05, 4.69) is 12.1 Å². The van der Waals surface area contributed by atoms with Gasteiger partial charge >= 0.3 is 0 Å². The predicted molar refractivity (Wildman–Crippen MR) is 131 cm³/mol. The molecule has 2 fully saturated rings. The highest BCUT2D eigenvalue weighted by molar-refractivity contribution is 6.33. The quantitative estimate of drug-likeness (QED) is 0.485. The Morgan fingerprint density at radius 3 is 2.34 bits per heavy atom. The topological polar surface area (TPSA) is 101 Å². The SMILES string of the molecule is CC(=O)C1=C(C)C[C@]2(C)C[C@]3(C)Cc4ccc(C5CCOCC5)c(C)c4C(O)=C3C(=O)C2(O)C1=O. The zero-order valence-corrected chi connectivity index (χ0v) is 21.2. The zero-order valence-electron chi connectivity index (χ0n) is 21.2. The number of benzene rings is 1. The Morgan fingerprint density at radius 2 is 1.71 bits per heavy atom. The van der Waals surface area contributed by atoms with Crippen molar-refractivity contribution in [2.45, 2.75) is 78.2 Å². The van der Waals surface area contributed by atoms with Gasteiger partial charge in [-0.05, 0) is 75.5 Å². The molecule has 1 heterocycles. The van der Waals surface area contributed by atoms with Gasteiger partial charge in [0.25, 0.3) is 0 Å². The molecule has 3 aliphatic carbocycles. The largest absolute Gasteiger partial charge is 0.507 e. The average Bonchev–Trinajstić information content (AvgIpc) is 2.76. The fourth-order valence-corrected chi connectivity index (χ4v) is 7.68. The van der Waals surface area contributed by atoms with Crippen LogP contribution in [0.5, 0.6) is 0 Å². The van der Waals surface area contributed by atoms with E-state index in [-0.39, 0.29) is 23.3 Å². The number of aliphatic hydroxyl groups is 2. The molecule has 1 unspecified atom stereocenters. The lowest BCUT2D eigenvalue weighted by Crippen LogP contribution is -2.67. The Balaban J connectivity index is 1.69. The van der Waals surface area contributed by atoms with Crippen molar-refractivity contribution < 1.29 is 29.3 Å². The second-order valence-electron chi connectivity index (χ2n) is 11.7. The minimum atomic E-state index is -2.37. The summed E-state index contributed by atoms with van der Waals surface area (Å²) in [5.74, 6) is -1.86. The summed E-state index contributed by atoms with van der Waals surface area (Å²) in [6.45, 7) is 10.1. The Morgan fingerprint density at radius 1 is 1.06 bits per heavy atom. The van der Waals surface area contributed by atoms with Gasteiger partial charge in [0.2, 0.25) is 11.6 Å². The van der Waals surface area contributed by atoms with Gasteiger partial charge < -0.3 is 14.9 Å². The average molecular weight is 479 g/mol. The van der Waals surface area contributed by atoms with Crippen molar-refractivity contribution in [1.82, 2.24) is 0 Å². The van der Waals surface area contributed by atoms with Gasteiger partial charge in [0, 0.05) is 35.2 Å². The maximum Gasteiger partial charge on any atom is 0.206 e. The maximum atomic E-state index is 14.1. The van der Waals surface area contributed by atoms with E-state index in [1.165, 1.54) is 6.92 Å². The van der Waals surface area contributed by atoms with Gasteiger partial charge in [-0.2, -0.15) is 0 Å². The fraction of sp³-hybridized carbons (Fsp3) is 0.552. The molecular weight excluding hydrogens is 444 g/mol. The highest BCUT2D eigenvalue weighted by Crippen LogP contribution is 2.61. The monoisotopic (exact) mass is 478 g/mol. The second-order valence-corrected chi connectivity index (χ2v) is 11.7. The van der Waals surface area contributed by atoms with E-state index in [0.717, 1.165) is 29.5 Å². The molecular formula is C29H34O6. The molecule has 0 bridgehead atoms. The van der Waals surface area contributed by atoms with Crippen LogP contribution in [0.25, 0.3) is 5.76 Å². The van der Waals surface area contributed by atoms with Crippen LogP contribution in [0.3, 0.4) is 0 Å². The summed E-state index contributed by atoms with van der Waals surface area (Å²) < 4.78 is 5.52. The van der Waals surface area contributed by atoms with Crippen molar-refractivity contribution in [3.8, 4) is 0 Å². The predicted octanol–water partition coefficient (Wildman–Crippen LogP) is 4.31. The van der Waals surface area contributed by atoms with Crippen LogP contribution in [0, 0.1) is 17.8 Å². The molecule has 6 nitrogen and oxygen atoms in total. The third-order valence-corrected chi connectivity index (χ3v) is 9.11. The van der Waals surface area contributed by atoms with E-state index in [1.54, 1.807) is 13.8 Å². The fourth-order valence-electron chi connectivity index (χ4n) is 7.68. The lowest BCUT2D eigenvalue weighted by atomic mass is 9.46. The lowest BCUT2D eigenvalue weighted by Gasteiger charge is -2.56. The molecule has 186 valence electrons. The van der Waals surface area contributed by atoms with Crippen LogP contribution in [-0.2, 0) is 25.5 Å². The molecule has 1 aliphatic heterocycles. The molecule has 5 rings (SSSR count). The van der Waals surface area contributed by atoms with Gasteiger partial charge in [-0.1, -0.05) is 31.6 Å². The van der Waals surface area contributed by atoms with E-state index in [9.17, 15) is 24.6 Å². The summed E-state index contributed by atoms with van der Waals surface area (Å²) in [7, 11) is 0. The van der Waals surface area contributed by atoms with Gasteiger partial charge in [-0.25, -0.2) is 0 Å². The van der Waals surface area contributed by atoms with Crippen molar-refractivity contribution in [3.05, 3.63) is 51.1 Å². The lowest BCUT2D eigenvalue weighted by molar-refractivity contribution is -0.171. The first-order valence-corrected chi connectivity index (χ1v) is 12.5. The summed E-state index contributed by atoms with van der Waals surface area (Å²) >= 11 is 0. The maximum absolute atomic E-state index is 14.1. The summed E-state index contributed by atoms with van der Waals surface area (Å²) in [5, 5.41) is 23.5. The van der Waals surface area contributed by atoms with Crippen molar-refractivity contribution in [2.24, 2.45) is 10.8 Å². The number of Topliss-reactive ketones (excluding diaryl/α,β-unsaturated/α-hetero) is 3. The first-order valence-electron chi connectivity index (χ1n) is 12.5. The molecule has 4 aliphatic rings. The van der Waals surface area contributed by atoms with Gasteiger partial charge in [0.15, 0.2) is 11.4 Å². The minimum absolute atomic E-state index is 0.0868. The molecule has 1 aromatic carbocycles. The molecule has 1 saturated heterocycles. The van der Waals surface area contributed by atoms with E-state index in [1.807, 2.05) is 13.8 Å². The molecule has 0 amide bonds. The van der Waals surface area contributed by atoms with Crippen molar-refractivity contribution >= 4 is 23.1 Å². The van der Waals surface area contributed by atoms with E-state index >= 15 is 0 Å². The molecule has 1 saturated carbocycles. The molecule has 6 heteroatoms. The van der Waals surface area contributed by atoms with Crippen molar-refractivity contribution in [3.63, 3.8) is 0 Å². The van der Waals surface area contributed by atoms with Crippen LogP contribution in [0.1, 0.15) is 81.5 Å². The Hall–Kier alpha value is -2.57. The van der Waals surface area contributed by atoms with Crippen molar-refractivity contribution in [1.29, 1.82) is 0 Å². The molecule has 0 spiro atoms. The van der Waals surface area contributed by atoms with Gasteiger partial charge in [-0.15, -0.1) is 0 Å². The molecule has 2 N–H and O–H groups in total. The first-order chi connectivity index (χ1) is 16.4. The molecule has 0 aromatic heterocycles. The van der Waals surface area contributed by atoms with Crippen LogP contribution < -0.4 is 0 Å². The molecule has 3 atom stereocenters. The third-order valence-electron chi connectivity index (χ3n) is 9.11. The van der Waals surface area contributed by atoms with Gasteiger partial charge in [0.1, 0.15) is 5.76 Å². The second kappa shape index (κ2) is 7.71. The number of fused-ring (bicyclic) bond motifs is 3. The Bertz CT molecular complexity index is 1250. The summed E-state index contributed by atoms with van der Waals surface area (Å²) in [6, 6.07) is 4.20. The number of rotatable bonds is 2. The van der Waals surface area contributed by atoms with E-state index in [0.29, 0.717) is 43.1 Å². The number of aliphatic hydroxyl groups excluding tert-OH is 1. The zero-order chi connectivity index (χ0) is 25.5. The van der Waals surface area contributed by atoms with Crippen LogP contribution >= 0.6 is 0 Å². The summed E-state index contributed by atoms with van der Waals surface area (Å²) in [4.78, 5) is 39.9. The summed E-state index contributed by atoms with van der Waals surface area (Å²) in [6.07, 6.45) is 2.95. The standard InChI is InChI=1S/C29H34O6/c1-15-12-28(5)14-27(4)13-19-6-7-20(18-8-10-35-11-9-18)16(2)22(19)24(31)23(27)26(33)29(28,34)25(32)21(15)17(3)30/h6-7,18,31,34H,8-14H2,1-5H3/t27-,28+,29?/m0/s1. The number of ketones is 3. The van der Waals surface area contributed by atoms with Gasteiger partial charge in [0.05, 0.1) is 5.57 Å². The first kappa shape index (κ1) is 24.1. The van der Waals surface area contributed by atoms with E-state index < -0.39 is 33.8 Å². The van der Waals surface area contributed by atoms with E-state index in [4.69, 9.17) is 4.74 Å². The number of ether oxygens (including phenoxy) is 1. The van der Waals surface area contributed by atoms with Crippen LogP contribution in [0.4, 0.5) is 0 Å². The molecule has 1 aromatic rings. The smallest absolute Gasteiger partial charge is 0.206 e. The van der Waals surface area contributed by atoms with Gasteiger partial charge in [-0.3, -0.25) is 14.4 Å². The minimum Gasteiger partial charge on any atom is -0.507 e. The summed E-state index contributed by atoms with van der Waals surface area (Å²) in [5.41, 5.74) is 0.144. The number of carbonyl (C=O) groups excluding carboxylic acids is 3. The number of hydrogen-bond acceptors (Lipinski definition) is 6.